The molecule has 0 saturated heterocycles. The molecule has 0 aliphatic rings. The van der Waals surface area contributed by atoms with Gasteiger partial charge in [-0.15, -0.1) is 0 Å². The number of hydrogen-bond donors (Lipinski definition) is 0. The Hall–Kier alpha value is -0.630. The summed E-state index contributed by atoms with van der Waals surface area (Å²) in [6, 6.07) is 5.09. The monoisotopic (exact) mass is 228 g/mol. The van der Waals surface area contributed by atoms with E-state index in [9.17, 15) is 4.39 Å². The zero-order valence-corrected chi connectivity index (χ0v) is 8.44. The second-order valence-electron chi connectivity index (χ2n) is 2.51. The molecule has 0 aromatic heterocycles. The number of hydrogen-bond acceptors (Lipinski definition) is 0. The quantitative estimate of drug-likeness (QED) is 0.680. The summed E-state index contributed by atoms with van der Waals surface area (Å²) in [5, 5.41) is 0.795. The molecule has 12 heavy (non-hydrogen) atoms. The van der Waals surface area contributed by atoms with Gasteiger partial charge in [0.15, 0.2) is 0 Å². The Morgan fingerprint density at radius 1 is 1.50 bits per heavy atom. The van der Waals surface area contributed by atoms with E-state index in [0.29, 0.717) is 5.56 Å². The Balaban J connectivity index is 3.00. The molecule has 0 N–H and O–H groups in total. The normalized spacial score (nSPS) is 10.9. The van der Waals surface area contributed by atoms with E-state index in [2.05, 4.69) is 15.9 Å². The summed E-state index contributed by atoms with van der Waals surface area (Å²) in [7, 11) is 0. The maximum absolute atomic E-state index is 13.0. The lowest BCUT2D eigenvalue weighted by Gasteiger charge is -1.99. The van der Waals surface area contributed by atoms with Crippen LogP contribution in [-0.4, -0.2) is 5.33 Å². The SMILES string of the molecule is Cc1c(F)cccc1C=CCBr. The van der Waals surface area contributed by atoms with Crippen LogP contribution in [0, 0.1) is 12.7 Å². The Bertz CT molecular complexity index is 292. The van der Waals surface area contributed by atoms with Crippen molar-refractivity contribution in [3.05, 3.63) is 41.2 Å². The van der Waals surface area contributed by atoms with Crippen molar-refractivity contribution >= 4 is 22.0 Å². The van der Waals surface area contributed by atoms with E-state index in [1.54, 1.807) is 13.0 Å². The molecule has 0 heterocycles. The van der Waals surface area contributed by atoms with Crippen LogP contribution in [0.25, 0.3) is 6.08 Å². The first-order chi connectivity index (χ1) is 5.75. The lowest BCUT2D eigenvalue weighted by molar-refractivity contribution is 0.618. The minimum Gasteiger partial charge on any atom is -0.207 e. The first-order valence-electron chi connectivity index (χ1n) is 3.73. The molecular formula is C10H10BrF. The highest BCUT2D eigenvalue weighted by atomic mass is 79.9. The van der Waals surface area contributed by atoms with Crippen LogP contribution in [0.1, 0.15) is 11.1 Å². The summed E-state index contributed by atoms with van der Waals surface area (Å²) in [5.41, 5.74) is 1.64. The second-order valence-corrected chi connectivity index (χ2v) is 3.16. The van der Waals surface area contributed by atoms with E-state index in [1.165, 1.54) is 6.07 Å². The van der Waals surface area contributed by atoms with E-state index in [1.807, 2.05) is 18.2 Å². The van der Waals surface area contributed by atoms with Crippen molar-refractivity contribution in [2.24, 2.45) is 0 Å². The van der Waals surface area contributed by atoms with Gasteiger partial charge in [0.2, 0.25) is 0 Å². The van der Waals surface area contributed by atoms with Crippen LogP contribution < -0.4 is 0 Å². The van der Waals surface area contributed by atoms with Gasteiger partial charge in [0.1, 0.15) is 5.82 Å². The largest absolute Gasteiger partial charge is 0.207 e. The van der Waals surface area contributed by atoms with Gasteiger partial charge in [-0.1, -0.05) is 40.2 Å². The minimum atomic E-state index is -0.147. The van der Waals surface area contributed by atoms with Gasteiger partial charge < -0.3 is 0 Å². The molecule has 0 unspecified atom stereocenters. The highest BCUT2D eigenvalue weighted by Crippen LogP contribution is 2.13. The predicted octanol–water partition coefficient (Wildman–Crippen LogP) is 3.54. The molecule has 0 bridgehead atoms. The summed E-state index contributed by atoms with van der Waals surface area (Å²) in [4.78, 5) is 0. The van der Waals surface area contributed by atoms with Crippen LogP contribution in [0.4, 0.5) is 4.39 Å². The summed E-state index contributed by atoms with van der Waals surface area (Å²) < 4.78 is 13.0. The molecule has 0 atom stereocenters. The number of allylic oxidation sites excluding steroid dienone is 1. The van der Waals surface area contributed by atoms with E-state index in [4.69, 9.17) is 0 Å². The molecule has 0 nitrogen and oxygen atoms in total. The van der Waals surface area contributed by atoms with Crippen molar-refractivity contribution in [3.63, 3.8) is 0 Å². The first-order valence-corrected chi connectivity index (χ1v) is 4.85. The summed E-state index contributed by atoms with van der Waals surface area (Å²) >= 11 is 3.27. The van der Waals surface area contributed by atoms with Crippen molar-refractivity contribution in [3.8, 4) is 0 Å². The zero-order chi connectivity index (χ0) is 8.97. The lowest BCUT2D eigenvalue weighted by Crippen LogP contribution is -1.85. The number of benzene rings is 1. The van der Waals surface area contributed by atoms with Gasteiger partial charge in [-0.05, 0) is 24.1 Å². The summed E-state index contributed by atoms with van der Waals surface area (Å²) in [5.74, 6) is -0.147. The van der Waals surface area contributed by atoms with Crippen molar-refractivity contribution < 1.29 is 4.39 Å². The molecule has 0 amide bonds. The zero-order valence-electron chi connectivity index (χ0n) is 6.85. The Morgan fingerprint density at radius 2 is 2.25 bits per heavy atom. The lowest BCUT2D eigenvalue weighted by atomic mass is 10.1. The van der Waals surface area contributed by atoms with E-state index < -0.39 is 0 Å². The molecular weight excluding hydrogens is 219 g/mol. The smallest absolute Gasteiger partial charge is 0.126 e. The Labute approximate surface area is 80.2 Å². The van der Waals surface area contributed by atoms with E-state index >= 15 is 0 Å². The van der Waals surface area contributed by atoms with Crippen molar-refractivity contribution in [2.75, 3.05) is 5.33 Å². The minimum absolute atomic E-state index is 0.147. The number of alkyl halides is 1. The molecule has 0 aliphatic heterocycles. The Morgan fingerprint density at radius 3 is 2.92 bits per heavy atom. The molecule has 64 valence electrons. The van der Waals surface area contributed by atoms with Gasteiger partial charge in [-0.25, -0.2) is 4.39 Å². The van der Waals surface area contributed by atoms with Crippen LogP contribution in [0.5, 0.6) is 0 Å². The van der Waals surface area contributed by atoms with Gasteiger partial charge in [0.05, 0.1) is 0 Å². The number of rotatable bonds is 2. The van der Waals surface area contributed by atoms with Gasteiger partial charge >= 0.3 is 0 Å². The average molecular weight is 229 g/mol. The molecule has 1 aromatic rings. The molecule has 0 radical (unpaired) electrons. The van der Waals surface area contributed by atoms with Crippen molar-refractivity contribution in [1.82, 2.24) is 0 Å². The van der Waals surface area contributed by atoms with Crippen LogP contribution in [0.3, 0.4) is 0 Å². The molecule has 1 aromatic carbocycles. The van der Waals surface area contributed by atoms with Gasteiger partial charge in [-0.3, -0.25) is 0 Å². The van der Waals surface area contributed by atoms with Crippen molar-refractivity contribution in [1.29, 1.82) is 0 Å². The number of halogens is 2. The maximum Gasteiger partial charge on any atom is 0.126 e. The predicted molar refractivity (Wildman–Crippen MR) is 54.0 cm³/mol. The highest BCUT2D eigenvalue weighted by Gasteiger charge is 1.98. The van der Waals surface area contributed by atoms with E-state index in [0.717, 1.165) is 10.9 Å². The molecule has 0 saturated carbocycles. The highest BCUT2D eigenvalue weighted by molar-refractivity contribution is 9.09. The molecule has 2 heteroatoms. The molecule has 0 aliphatic carbocycles. The first kappa shape index (κ1) is 9.46. The third-order valence-electron chi connectivity index (χ3n) is 1.70. The average Bonchev–Trinajstić information content (AvgIpc) is 2.08. The molecule has 1 rings (SSSR count). The second kappa shape index (κ2) is 4.41. The standard InChI is InChI=1S/C10H10BrF/c1-8-9(5-3-7-11)4-2-6-10(8)12/h2-6H,7H2,1H3. The summed E-state index contributed by atoms with van der Waals surface area (Å²) in [6.07, 6.45) is 3.86. The third-order valence-corrected chi connectivity index (χ3v) is 2.07. The fourth-order valence-electron chi connectivity index (χ4n) is 0.976. The fraction of sp³-hybridized carbons (Fsp3) is 0.200. The van der Waals surface area contributed by atoms with Crippen LogP contribution in [0.15, 0.2) is 24.3 Å². The summed E-state index contributed by atoms with van der Waals surface area (Å²) in [6.45, 7) is 1.78. The van der Waals surface area contributed by atoms with Gasteiger partial charge in [0.25, 0.3) is 0 Å². The van der Waals surface area contributed by atoms with E-state index in [-0.39, 0.29) is 5.82 Å². The maximum atomic E-state index is 13.0. The molecule has 0 fully saturated rings. The third kappa shape index (κ3) is 2.18. The van der Waals surface area contributed by atoms with Gasteiger partial charge in [0, 0.05) is 5.33 Å². The van der Waals surface area contributed by atoms with Crippen LogP contribution in [0.2, 0.25) is 0 Å². The van der Waals surface area contributed by atoms with Crippen LogP contribution >= 0.6 is 15.9 Å². The topological polar surface area (TPSA) is 0 Å². The Kier molecular flexibility index (Phi) is 3.48. The fourth-order valence-corrected chi connectivity index (χ4v) is 1.16. The van der Waals surface area contributed by atoms with Gasteiger partial charge in [-0.2, -0.15) is 0 Å². The molecule has 0 spiro atoms. The van der Waals surface area contributed by atoms with Crippen molar-refractivity contribution in [2.45, 2.75) is 6.92 Å². The van der Waals surface area contributed by atoms with Crippen LogP contribution in [-0.2, 0) is 0 Å².